The third-order valence-corrected chi connectivity index (χ3v) is 4.68. The lowest BCUT2D eigenvalue weighted by Crippen LogP contribution is -2.16. The SMILES string of the molecule is COc1ccc2nc(N)n(C3CCC(C)C3C)c2c1. The molecule has 1 aromatic carbocycles. The Morgan fingerprint density at radius 2 is 2.11 bits per heavy atom. The van der Waals surface area contributed by atoms with Gasteiger partial charge in [-0.2, -0.15) is 0 Å². The predicted molar refractivity (Wildman–Crippen MR) is 77.3 cm³/mol. The van der Waals surface area contributed by atoms with Gasteiger partial charge in [-0.05, 0) is 36.8 Å². The van der Waals surface area contributed by atoms with Crippen LogP contribution in [0.15, 0.2) is 18.2 Å². The van der Waals surface area contributed by atoms with E-state index in [-0.39, 0.29) is 0 Å². The van der Waals surface area contributed by atoms with Crippen LogP contribution in [0.1, 0.15) is 32.7 Å². The minimum Gasteiger partial charge on any atom is -0.497 e. The van der Waals surface area contributed by atoms with Crippen molar-refractivity contribution in [3.8, 4) is 5.75 Å². The molecule has 0 aliphatic heterocycles. The van der Waals surface area contributed by atoms with Crippen molar-refractivity contribution in [2.75, 3.05) is 12.8 Å². The van der Waals surface area contributed by atoms with Gasteiger partial charge in [0, 0.05) is 12.1 Å². The molecular formula is C15H21N3O. The van der Waals surface area contributed by atoms with Crippen molar-refractivity contribution in [3.63, 3.8) is 0 Å². The van der Waals surface area contributed by atoms with E-state index in [9.17, 15) is 0 Å². The van der Waals surface area contributed by atoms with E-state index in [0.29, 0.717) is 17.9 Å². The van der Waals surface area contributed by atoms with Gasteiger partial charge in [-0.3, -0.25) is 0 Å². The minimum absolute atomic E-state index is 0.451. The first-order valence-electron chi connectivity index (χ1n) is 6.93. The van der Waals surface area contributed by atoms with Crippen LogP contribution >= 0.6 is 0 Å². The highest BCUT2D eigenvalue weighted by Crippen LogP contribution is 2.42. The Labute approximate surface area is 113 Å². The summed E-state index contributed by atoms with van der Waals surface area (Å²) in [7, 11) is 1.69. The summed E-state index contributed by atoms with van der Waals surface area (Å²) in [6.07, 6.45) is 2.43. The molecule has 1 heterocycles. The molecule has 19 heavy (non-hydrogen) atoms. The molecular weight excluding hydrogens is 238 g/mol. The average Bonchev–Trinajstić information content (AvgIpc) is 2.89. The van der Waals surface area contributed by atoms with Crippen LogP contribution in [0.25, 0.3) is 11.0 Å². The first-order valence-corrected chi connectivity index (χ1v) is 6.93. The van der Waals surface area contributed by atoms with Gasteiger partial charge in [0.05, 0.1) is 18.1 Å². The number of imidazole rings is 1. The van der Waals surface area contributed by atoms with Crippen LogP contribution in [0.4, 0.5) is 5.95 Å². The summed E-state index contributed by atoms with van der Waals surface area (Å²) >= 11 is 0. The summed E-state index contributed by atoms with van der Waals surface area (Å²) in [4.78, 5) is 4.48. The van der Waals surface area contributed by atoms with Crippen molar-refractivity contribution in [2.24, 2.45) is 11.8 Å². The highest BCUT2D eigenvalue weighted by Gasteiger charge is 2.33. The molecule has 0 radical (unpaired) electrons. The maximum atomic E-state index is 6.14. The molecule has 0 bridgehead atoms. The molecule has 2 N–H and O–H groups in total. The van der Waals surface area contributed by atoms with Gasteiger partial charge in [-0.1, -0.05) is 13.8 Å². The molecule has 1 aromatic heterocycles. The normalized spacial score (nSPS) is 27.0. The molecule has 1 fully saturated rings. The summed E-state index contributed by atoms with van der Waals surface area (Å²) in [5.74, 6) is 2.85. The fourth-order valence-corrected chi connectivity index (χ4v) is 3.27. The van der Waals surface area contributed by atoms with Crippen molar-refractivity contribution < 1.29 is 4.74 Å². The lowest BCUT2D eigenvalue weighted by Gasteiger charge is -2.21. The Hall–Kier alpha value is -1.71. The van der Waals surface area contributed by atoms with Crippen LogP contribution in [0.3, 0.4) is 0 Å². The maximum Gasteiger partial charge on any atom is 0.201 e. The average molecular weight is 259 g/mol. The number of nitrogens with zero attached hydrogens (tertiary/aromatic N) is 2. The van der Waals surface area contributed by atoms with Gasteiger partial charge >= 0.3 is 0 Å². The molecule has 4 heteroatoms. The van der Waals surface area contributed by atoms with Gasteiger partial charge in [0.25, 0.3) is 0 Å². The van der Waals surface area contributed by atoms with E-state index in [0.717, 1.165) is 22.7 Å². The van der Waals surface area contributed by atoms with E-state index in [4.69, 9.17) is 10.5 Å². The number of nitrogen functional groups attached to an aromatic ring is 1. The van der Waals surface area contributed by atoms with Gasteiger partial charge in [0.1, 0.15) is 5.75 Å². The minimum atomic E-state index is 0.451. The summed E-state index contributed by atoms with van der Waals surface area (Å²) < 4.78 is 7.52. The Morgan fingerprint density at radius 3 is 2.74 bits per heavy atom. The Morgan fingerprint density at radius 1 is 1.32 bits per heavy atom. The van der Waals surface area contributed by atoms with Crippen LogP contribution in [-0.2, 0) is 0 Å². The fourth-order valence-electron chi connectivity index (χ4n) is 3.27. The number of methoxy groups -OCH3 is 1. The number of benzene rings is 1. The third-order valence-electron chi connectivity index (χ3n) is 4.68. The molecule has 2 aromatic rings. The zero-order chi connectivity index (χ0) is 13.6. The number of hydrogen-bond donors (Lipinski definition) is 1. The van der Waals surface area contributed by atoms with Crippen molar-refractivity contribution >= 4 is 17.0 Å². The molecule has 3 unspecified atom stereocenters. The highest BCUT2D eigenvalue weighted by molar-refractivity contribution is 5.80. The van der Waals surface area contributed by atoms with Gasteiger partial charge in [0.2, 0.25) is 5.95 Å². The quantitative estimate of drug-likeness (QED) is 0.900. The molecule has 0 amide bonds. The highest BCUT2D eigenvalue weighted by atomic mass is 16.5. The lowest BCUT2D eigenvalue weighted by atomic mass is 9.97. The molecule has 1 aliphatic carbocycles. The third kappa shape index (κ3) is 1.86. The Balaban J connectivity index is 2.14. The monoisotopic (exact) mass is 259 g/mol. The molecule has 4 nitrogen and oxygen atoms in total. The Bertz CT molecular complexity index is 605. The summed E-state index contributed by atoms with van der Waals surface area (Å²) in [6, 6.07) is 6.39. The molecule has 0 spiro atoms. The standard InChI is InChI=1S/C15H21N3O/c1-9-4-7-13(10(9)2)18-14-8-11(19-3)5-6-12(14)17-15(18)16/h5-6,8-10,13H,4,7H2,1-3H3,(H2,16,17). The first-order chi connectivity index (χ1) is 9.11. The predicted octanol–water partition coefficient (Wildman–Crippen LogP) is 3.23. The van der Waals surface area contributed by atoms with E-state index < -0.39 is 0 Å². The van der Waals surface area contributed by atoms with E-state index in [1.54, 1.807) is 7.11 Å². The van der Waals surface area contributed by atoms with E-state index in [2.05, 4.69) is 23.4 Å². The largest absolute Gasteiger partial charge is 0.497 e. The second kappa shape index (κ2) is 4.44. The fraction of sp³-hybridized carbons (Fsp3) is 0.533. The molecule has 3 atom stereocenters. The number of rotatable bonds is 2. The zero-order valence-corrected chi connectivity index (χ0v) is 11.8. The molecule has 0 saturated heterocycles. The second-order valence-corrected chi connectivity index (χ2v) is 5.68. The van der Waals surface area contributed by atoms with Gasteiger partial charge in [-0.15, -0.1) is 0 Å². The smallest absolute Gasteiger partial charge is 0.201 e. The number of nitrogens with two attached hydrogens (primary N) is 1. The molecule has 102 valence electrons. The lowest BCUT2D eigenvalue weighted by molar-refractivity contribution is 0.361. The van der Waals surface area contributed by atoms with E-state index in [1.165, 1.54) is 12.8 Å². The van der Waals surface area contributed by atoms with Crippen molar-refractivity contribution in [3.05, 3.63) is 18.2 Å². The van der Waals surface area contributed by atoms with Crippen molar-refractivity contribution in [2.45, 2.75) is 32.7 Å². The summed E-state index contributed by atoms with van der Waals surface area (Å²) in [6.45, 7) is 4.63. The topological polar surface area (TPSA) is 53.1 Å². The number of aromatic nitrogens is 2. The second-order valence-electron chi connectivity index (χ2n) is 5.68. The maximum absolute atomic E-state index is 6.14. The van der Waals surface area contributed by atoms with E-state index >= 15 is 0 Å². The van der Waals surface area contributed by atoms with Crippen molar-refractivity contribution in [1.82, 2.24) is 9.55 Å². The number of ether oxygens (including phenoxy) is 1. The molecule has 3 rings (SSSR count). The summed E-state index contributed by atoms with van der Waals surface area (Å²) in [5.41, 5.74) is 8.18. The van der Waals surface area contributed by atoms with Crippen molar-refractivity contribution in [1.29, 1.82) is 0 Å². The van der Waals surface area contributed by atoms with Gasteiger partial charge in [-0.25, -0.2) is 4.98 Å². The molecule has 1 aliphatic rings. The number of anilines is 1. The summed E-state index contributed by atoms with van der Waals surface area (Å²) in [5, 5.41) is 0. The first kappa shape index (κ1) is 12.3. The van der Waals surface area contributed by atoms with E-state index in [1.807, 2.05) is 18.2 Å². The van der Waals surface area contributed by atoms with Crippen LogP contribution in [0.2, 0.25) is 0 Å². The van der Waals surface area contributed by atoms with Crippen LogP contribution < -0.4 is 10.5 Å². The Kier molecular flexibility index (Phi) is 2.88. The van der Waals surface area contributed by atoms with Gasteiger partial charge in [0.15, 0.2) is 0 Å². The number of fused-ring (bicyclic) bond motifs is 1. The number of hydrogen-bond acceptors (Lipinski definition) is 3. The van der Waals surface area contributed by atoms with Crippen LogP contribution in [0.5, 0.6) is 5.75 Å². The zero-order valence-electron chi connectivity index (χ0n) is 11.8. The van der Waals surface area contributed by atoms with Crippen LogP contribution in [0, 0.1) is 11.8 Å². The van der Waals surface area contributed by atoms with Gasteiger partial charge < -0.3 is 15.0 Å². The van der Waals surface area contributed by atoms with Crippen LogP contribution in [-0.4, -0.2) is 16.7 Å². The molecule has 1 saturated carbocycles.